The Morgan fingerprint density at radius 2 is 1.81 bits per heavy atom. The molecular formula is C13H19F2N. The van der Waals surface area contributed by atoms with E-state index in [9.17, 15) is 8.78 Å². The third-order valence-corrected chi connectivity index (χ3v) is 2.69. The van der Waals surface area contributed by atoms with E-state index in [1.807, 2.05) is 6.92 Å². The zero-order valence-electron chi connectivity index (χ0n) is 9.89. The molecule has 16 heavy (non-hydrogen) atoms. The van der Waals surface area contributed by atoms with Crippen molar-refractivity contribution >= 4 is 0 Å². The van der Waals surface area contributed by atoms with Gasteiger partial charge in [0.05, 0.1) is 0 Å². The molecule has 1 unspecified atom stereocenters. The topological polar surface area (TPSA) is 12.0 Å². The Bertz CT molecular complexity index is 305. The summed E-state index contributed by atoms with van der Waals surface area (Å²) in [6.45, 7) is 4.98. The number of nitrogens with one attached hydrogen (secondary N) is 1. The van der Waals surface area contributed by atoms with Gasteiger partial charge >= 0.3 is 0 Å². The van der Waals surface area contributed by atoms with E-state index in [0.717, 1.165) is 19.4 Å². The second-order valence-electron chi connectivity index (χ2n) is 3.96. The first-order chi connectivity index (χ1) is 7.69. The highest BCUT2D eigenvalue weighted by atomic mass is 19.1. The number of halogens is 2. The standard InChI is InChI=1S/C13H19F2N/c1-3-8-16-10(4-2)9-11-12(14)6-5-7-13(11)15/h5-7,10,16H,3-4,8-9H2,1-2H3. The highest BCUT2D eigenvalue weighted by molar-refractivity contribution is 5.20. The van der Waals surface area contributed by atoms with Gasteiger partial charge in [0.15, 0.2) is 0 Å². The number of hydrogen-bond donors (Lipinski definition) is 1. The van der Waals surface area contributed by atoms with Crippen LogP contribution in [0, 0.1) is 11.6 Å². The predicted octanol–water partition coefficient (Wildman–Crippen LogP) is 3.29. The molecule has 0 radical (unpaired) electrons. The lowest BCUT2D eigenvalue weighted by Crippen LogP contribution is -2.31. The van der Waals surface area contributed by atoms with Gasteiger partial charge in [-0.1, -0.05) is 19.9 Å². The Morgan fingerprint density at radius 3 is 2.31 bits per heavy atom. The normalized spacial score (nSPS) is 12.8. The molecule has 0 amide bonds. The molecule has 0 saturated carbocycles. The molecule has 90 valence electrons. The van der Waals surface area contributed by atoms with Gasteiger partial charge in [-0.15, -0.1) is 0 Å². The van der Waals surface area contributed by atoms with Gasteiger partial charge in [-0.05, 0) is 37.9 Å². The van der Waals surface area contributed by atoms with Crippen LogP contribution < -0.4 is 5.32 Å². The number of benzene rings is 1. The maximum absolute atomic E-state index is 13.4. The Hall–Kier alpha value is -0.960. The Labute approximate surface area is 95.9 Å². The SMILES string of the molecule is CCCNC(CC)Cc1c(F)cccc1F. The Balaban J connectivity index is 2.69. The molecular weight excluding hydrogens is 208 g/mol. The van der Waals surface area contributed by atoms with E-state index in [1.165, 1.54) is 18.2 Å². The second kappa shape index (κ2) is 6.59. The highest BCUT2D eigenvalue weighted by Gasteiger charge is 2.13. The quantitative estimate of drug-likeness (QED) is 0.786. The summed E-state index contributed by atoms with van der Waals surface area (Å²) in [5.74, 6) is -0.895. The summed E-state index contributed by atoms with van der Waals surface area (Å²) < 4.78 is 26.8. The van der Waals surface area contributed by atoms with E-state index >= 15 is 0 Å². The van der Waals surface area contributed by atoms with Crippen molar-refractivity contribution in [2.24, 2.45) is 0 Å². The molecule has 0 saturated heterocycles. The largest absolute Gasteiger partial charge is 0.314 e. The van der Waals surface area contributed by atoms with E-state index in [-0.39, 0.29) is 11.6 Å². The fourth-order valence-corrected chi connectivity index (χ4v) is 1.68. The molecule has 0 bridgehead atoms. The average molecular weight is 227 g/mol. The van der Waals surface area contributed by atoms with Gasteiger partial charge in [0.25, 0.3) is 0 Å². The van der Waals surface area contributed by atoms with Crippen LogP contribution in [0.15, 0.2) is 18.2 Å². The fourth-order valence-electron chi connectivity index (χ4n) is 1.68. The third-order valence-electron chi connectivity index (χ3n) is 2.69. The van der Waals surface area contributed by atoms with Crippen LogP contribution in [-0.2, 0) is 6.42 Å². The van der Waals surface area contributed by atoms with Crippen LogP contribution in [0.1, 0.15) is 32.3 Å². The molecule has 3 heteroatoms. The van der Waals surface area contributed by atoms with E-state index < -0.39 is 11.6 Å². The maximum atomic E-state index is 13.4. The van der Waals surface area contributed by atoms with Crippen molar-refractivity contribution in [1.29, 1.82) is 0 Å². The van der Waals surface area contributed by atoms with Crippen LogP contribution in [0.5, 0.6) is 0 Å². The van der Waals surface area contributed by atoms with Crippen molar-refractivity contribution in [2.75, 3.05) is 6.54 Å². The van der Waals surface area contributed by atoms with Crippen LogP contribution in [0.2, 0.25) is 0 Å². The average Bonchev–Trinajstić information content (AvgIpc) is 2.28. The molecule has 1 aromatic carbocycles. The lowest BCUT2D eigenvalue weighted by Gasteiger charge is -2.17. The first-order valence-corrected chi connectivity index (χ1v) is 5.85. The van der Waals surface area contributed by atoms with Crippen LogP contribution in [0.3, 0.4) is 0 Å². The molecule has 0 fully saturated rings. The maximum Gasteiger partial charge on any atom is 0.129 e. The first kappa shape index (κ1) is 13.1. The van der Waals surface area contributed by atoms with Gasteiger partial charge < -0.3 is 5.32 Å². The number of hydrogen-bond acceptors (Lipinski definition) is 1. The zero-order chi connectivity index (χ0) is 12.0. The number of rotatable bonds is 6. The first-order valence-electron chi connectivity index (χ1n) is 5.85. The lowest BCUT2D eigenvalue weighted by molar-refractivity contribution is 0.467. The van der Waals surface area contributed by atoms with Crippen LogP contribution in [0.4, 0.5) is 8.78 Å². The third kappa shape index (κ3) is 3.56. The summed E-state index contributed by atoms with van der Waals surface area (Å²) >= 11 is 0. The Kier molecular flexibility index (Phi) is 5.39. The van der Waals surface area contributed by atoms with Crippen molar-refractivity contribution in [1.82, 2.24) is 5.32 Å². The van der Waals surface area contributed by atoms with Gasteiger partial charge in [0.1, 0.15) is 11.6 Å². The highest BCUT2D eigenvalue weighted by Crippen LogP contribution is 2.15. The molecule has 1 nitrogen and oxygen atoms in total. The minimum atomic E-state index is -0.447. The summed E-state index contributed by atoms with van der Waals surface area (Å²) in [4.78, 5) is 0. The zero-order valence-corrected chi connectivity index (χ0v) is 9.89. The Morgan fingerprint density at radius 1 is 1.19 bits per heavy atom. The summed E-state index contributed by atoms with van der Waals surface area (Å²) in [5.41, 5.74) is 0.193. The minimum Gasteiger partial charge on any atom is -0.314 e. The van der Waals surface area contributed by atoms with Crippen molar-refractivity contribution in [3.05, 3.63) is 35.4 Å². The van der Waals surface area contributed by atoms with E-state index in [2.05, 4.69) is 12.2 Å². The molecule has 0 aromatic heterocycles. The summed E-state index contributed by atoms with van der Waals surface area (Å²) in [6, 6.07) is 4.16. The molecule has 1 N–H and O–H groups in total. The second-order valence-corrected chi connectivity index (χ2v) is 3.96. The fraction of sp³-hybridized carbons (Fsp3) is 0.538. The molecule has 1 atom stereocenters. The van der Waals surface area contributed by atoms with Crippen molar-refractivity contribution in [2.45, 2.75) is 39.2 Å². The minimum absolute atomic E-state index is 0.145. The molecule has 0 aliphatic rings. The van der Waals surface area contributed by atoms with Gasteiger partial charge in [0, 0.05) is 11.6 Å². The van der Waals surface area contributed by atoms with Crippen molar-refractivity contribution in [3.63, 3.8) is 0 Å². The van der Waals surface area contributed by atoms with E-state index in [4.69, 9.17) is 0 Å². The smallest absolute Gasteiger partial charge is 0.129 e. The summed E-state index contributed by atoms with van der Waals surface area (Å²) in [5, 5.41) is 3.29. The molecule has 0 aliphatic carbocycles. The summed E-state index contributed by atoms with van der Waals surface area (Å²) in [7, 11) is 0. The van der Waals surface area contributed by atoms with Crippen molar-refractivity contribution < 1.29 is 8.78 Å². The van der Waals surface area contributed by atoms with Gasteiger partial charge in [-0.2, -0.15) is 0 Å². The molecule has 0 heterocycles. The van der Waals surface area contributed by atoms with Gasteiger partial charge in [-0.25, -0.2) is 8.78 Å². The molecule has 0 aliphatic heterocycles. The predicted molar refractivity (Wildman–Crippen MR) is 62.4 cm³/mol. The van der Waals surface area contributed by atoms with Gasteiger partial charge in [-0.3, -0.25) is 0 Å². The van der Waals surface area contributed by atoms with E-state index in [0.29, 0.717) is 6.42 Å². The van der Waals surface area contributed by atoms with Gasteiger partial charge in [0.2, 0.25) is 0 Å². The van der Waals surface area contributed by atoms with Crippen LogP contribution in [0.25, 0.3) is 0 Å². The van der Waals surface area contributed by atoms with Crippen LogP contribution in [-0.4, -0.2) is 12.6 Å². The van der Waals surface area contributed by atoms with Crippen molar-refractivity contribution in [3.8, 4) is 0 Å². The molecule has 1 rings (SSSR count). The van der Waals surface area contributed by atoms with Crippen LogP contribution >= 0.6 is 0 Å². The molecule has 0 spiro atoms. The van der Waals surface area contributed by atoms with E-state index in [1.54, 1.807) is 0 Å². The molecule has 1 aromatic rings. The monoisotopic (exact) mass is 227 g/mol. The lowest BCUT2D eigenvalue weighted by atomic mass is 10.0. The summed E-state index contributed by atoms with van der Waals surface area (Å²) in [6.07, 6.45) is 2.30.